The molecule has 0 atom stereocenters. The zero-order valence-electron chi connectivity index (χ0n) is 18.3. The van der Waals surface area contributed by atoms with Crippen LogP contribution in [0.15, 0.2) is 89.6 Å². The molecular weight excluding hydrogens is 515 g/mol. The van der Waals surface area contributed by atoms with Gasteiger partial charge in [-0.2, -0.15) is 0 Å². The predicted octanol–water partition coefficient (Wildman–Crippen LogP) is 6.35. The van der Waals surface area contributed by atoms with Crippen molar-refractivity contribution in [3.63, 3.8) is 0 Å². The van der Waals surface area contributed by atoms with Crippen LogP contribution < -0.4 is 15.0 Å². The summed E-state index contributed by atoms with van der Waals surface area (Å²) >= 11 is 7.09. The number of nitrogens with zero attached hydrogens (tertiary/aromatic N) is 2. The number of amides is 2. The first-order valence-electron chi connectivity index (χ1n) is 10.4. The van der Waals surface area contributed by atoms with Gasteiger partial charge in [-0.15, -0.1) is 13.2 Å². The van der Waals surface area contributed by atoms with Crippen LogP contribution in [0.1, 0.15) is 5.56 Å². The van der Waals surface area contributed by atoms with Gasteiger partial charge in [0.2, 0.25) is 5.91 Å². The van der Waals surface area contributed by atoms with Gasteiger partial charge >= 0.3 is 6.36 Å². The summed E-state index contributed by atoms with van der Waals surface area (Å²) in [5.41, 5.74) is 1.76. The average molecular weight is 532 g/mol. The molecule has 36 heavy (non-hydrogen) atoms. The molecule has 3 aromatic rings. The predicted molar refractivity (Wildman–Crippen MR) is 135 cm³/mol. The number of halogens is 4. The van der Waals surface area contributed by atoms with E-state index in [0.29, 0.717) is 27.1 Å². The molecule has 4 rings (SSSR count). The molecule has 0 aliphatic carbocycles. The van der Waals surface area contributed by atoms with E-state index in [1.54, 1.807) is 54.6 Å². The smallest absolute Gasteiger partial charge is 0.406 e. The van der Waals surface area contributed by atoms with Gasteiger partial charge in [0.15, 0.2) is 5.17 Å². The van der Waals surface area contributed by atoms with Crippen LogP contribution in [-0.2, 0) is 9.59 Å². The molecule has 3 aromatic carbocycles. The molecule has 1 aliphatic heterocycles. The molecule has 0 spiro atoms. The van der Waals surface area contributed by atoms with Crippen molar-refractivity contribution in [3.05, 3.63) is 95.1 Å². The van der Waals surface area contributed by atoms with Crippen LogP contribution in [0.4, 0.5) is 24.5 Å². The number of para-hydroxylation sites is 1. The molecule has 1 aliphatic rings. The Morgan fingerprint density at radius 2 is 1.78 bits per heavy atom. The highest BCUT2D eigenvalue weighted by atomic mass is 35.5. The van der Waals surface area contributed by atoms with Gasteiger partial charge in [0.05, 0.1) is 11.4 Å². The first kappa shape index (κ1) is 25.3. The molecule has 0 radical (unpaired) electrons. The molecule has 6 nitrogen and oxygen atoms in total. The van der Waals surface area contributed by atoms with Crippen molar-refractivity contribution >= 4 is 57.8 Å². The fraction of sp³-hybridized carbons (Fsp3) is 0.0800. The van der Waals surface area contributed by atoms with Crippen molar-refractivity contribution in [2.24, 2.45) is 4.99 Å². The van der Waals surface area contributed by atoms with E-state index in [4.69, 9.17) is 11.6 Å². The Labute approximate surface area is 213 Å². The number of hydrogen-bond acceptors (Lipinski definition) is 5. The second kappa shape index (κ2) is 10.9. The molecule has 0 fully saturated rings. The summed E-state index contributed by atoms with van der Waals surface area (Å²) < 4.78 is 40.7. The average Bonchev–Trinajstić information content (AvgIpc) is 3.13. The van der Waals surface area contributed by atoms with Crippen molar-refractivity contribution in [3.8, 4) is 5.75 Å². The van der Waals surface area contributed by atoms with Crippen molar-refractivity contribution in [1.29, 1.82) is 0 Å². The van der Waals surface area contributed by atoms with Gasteiger partial charge in [0.25, 0.3) is 5.91 Å². The van der Waals surface area contributed by atoms with E-state index >= 15 is 0 Å². The van der Waals surface area contributed by atoms with Crippen LogP contribution >= 0.6 is 23.4 Å². The van der Waals surface area contributed by atoms with E-state index in [1.807, 2.05) is 6.07 Å². The second-order valence-corrected chi connectivity index (χ2v) is 8.74. The van der Waals surface area contributed by atoms with E-state index < -0.39 is 18.0 Å². The number of carbonyl (C=O) groups is 2. The number of carbonyl (C=O) groups excluding carboxylic acids is 2. The Balaban J connectivity index is 1.48. The summed E-state index contributed by atoms with van der Waals surface area (Å²) in [6, 6.07) is 20.6. The highest BCUT2D eigenvalue weighted by Gasteiger charge is 2.32. The maximum atomic E-state index is 13.2. The Hall–Kier alpha value is -3.76. The normalized spacial score (nSPS) is 14.7. The fourth-order valence-corrected chi connectivity index (χ4v) is 4.23. The molecule has 0 unspecified atom stereocenters. The summed E-state index contributed by atoms with van der Waals surface area (Å²) in [5.74, 6) is -1.28. The van der Waals surface area contributed by atoms with E-state index in [-0.39, 0.29) is 17.4 Å². The topological polar surface area (TPSA) is 71.0 Å². The fourth-order valence-electron chi connectivity index (χ4n) is 3.22. The third-order valence-corrected chi connectivity index (χ3v) is 5.87. The lowest BCUT2D eigenvalue weighted by molar-refractivity contribution is -0.274. The summed E-state index contributed by atoms with van der Waals surface area (Å²) in [6.07, 6.45) is -3.19. The first-order valence-corrected chi connectivity index (χ1v) is 11.8. The monoisotopic (exact) mass is 531 g/mol. The maximum Gasteiger partial charge on any atom is 0.573 e. The number of alkyl halides is 3. The van der Waals surface area contributed by atoms with E-state index in [1.165, 1.54) is 17.0 Å². The number of amidine groups is 1. The lowest BCUT2D eigenvalue weighted by Gasteiger charge is -2.17. The zero-order chi connectivity index (χ0) is 25.7. The van der Waals surface area contributed by atoms with Gasteiger partial charge in [0, 0.05) is 10.7 Å². The number of anilines is 2. The number of aliphatic imine (C=N–C) groups is 1. The van der Waals surface area contributed by atoms with Crippen LogP contribution in [0.5, 0.6) is 5.75 Å². The quantitative estimate of drug-likeness (QED) is 0.376. The molecule has 1 N–H and O–H groups in total. The number of ether oxygens (including phenoxy) is 1. The molecular formula is C25H17ClF3N3O3S. The first-order chi connectivity index (χ1) is 17.2. The minimum absolute atomic E-state index is 0.0965. The Morgan fingerprint density at radius 3 is 2.44 bits per heavy atom. The minimum atomic E-state index is -4.80. The van der Waals surface area contributed by atoms with Crippen LogP contribution in [0.25, 0.3) is 6.08 Å². The van der Waals surface area contributed by atoms with Gasteiger partial charge in [-0.25, -0.2) is 4.99 Å². The lowest BCUT2D eigenvalue weighted by atomic mass is 10.2. The van der Waals surface area contributed by atoms with Crippen LogP contribution in [0.2, 0.25) is 5.02 Å². The molecule has 184 valence electrons. The Kier molecular flexibility index (Phi) is 7.66. The molecule has 0 aromatic heterocycles. The van der Waals surface area contributed by atoms with Crippen molar-refractivity contribution in [2.45, 2.75) is 6.36 Å². The van der Waals surface area contributed by atoms with Crippen molar-refractivity contribution in [2.75, 3.05) is 16.0 Å². The summed E-state index contributed by atoms with van der Waals surface area (Å²) in [7, 11) is 0. The van der Waals surface area contributed by atoms with Gasteiger partial charge in [-0.3, -0.25) is 14.5 Å². The second-order valence-electron chi connectivity index (χ2n) is 7.36. The SMILES string of the molecule is O=C(CSC1=NC(=Cc2cccc(Cl)c2)C(=O)N1c1ccccc1)Nc1ccc(OC(F)(F)F)cc1. The van der Waals surface area contributed by atoms with Crippen LogP contribution in [-0.4, -0.2) is 29.1 Å². The molecule has 1 heterocycles. The van der Waals surface area contributed by atoms with Crippen LogP contribution in [0.3, 0.4) is 0 Å². The van der Waals surface area contributed by atoms with Gasteiger partial charge in [0.1, 0.15) is 11.4 Å². The van der Waals surface area contributed by atoms with Crippen LogP contribution in [0, 0.1) is 0 Å². The Bertz CT molecular complexity index is 1330. The van der Waals surface area contributed by atoms with E-state index in [9.17, 15) is 22.8 Å². The van der Waals surface area contributed by atoms with Crippen molar-refractivity contribution < 1.29 is 27.5 Å². The summed E-state index contributed by atoms with van der Waals surface area (Å²) in [6.45, 7) is 0. The van der Waals surface area contributed by atoms with Gasteiger partial charge in [-0.05, 0) is 60.2 Å². The zero-order valence-corrected chi connectivity index (χ0v) is 19.9. The molecule has 2 amide bonds. The Morgan fingerprint density at radius 1 is 1.06 bits per heavy atom. The maximum absolute atomic E-state index is 13.2. The number of benzene rings is 3. The third kappa shape index (κ3) is 6.67. The molecule has 0 saturated carbocycles. The molecule has 11 heteroatoms. The molecule has 0 saturated heterocycles. The summed E-state index contributed by atoms with van der Waals surface area (Å²) in [4.78, 5) is 31.5. The lowest BCUT2D eigenvalue weighted by Crippen LogP contribution is -2.31. The van der Waals surface area contributed by atoms with Gasteiger partial charge in [-0.1, -0.05) is 53.7 Å². The third-order valence-electron chi connectivity index (χ3n) is 4.70. The number of nitrogens with one attached hydrogen (secondary N) is 1. The van der Waals surface area contributed by atoms with Crippen molar-refractivity contribution in [1.82, 2.24) is 0 Å². The number of thioether (sulfide) groups is 1. The largest absolute Gasteiger partial charge is 0.573 e. The number of rotatable bonds is 6. The highest BCUT2D eigenvalue weighted by molar-refractivity contribution is 8.14. The molecule has 0 bridgehead atoms. The van der Waals surface area contributed by atoms with Gasteiger partial charge < -0.3 is 10.1 Å². The highest BCUT2D eigenvalue weighted by Crippen LogP contribution is 2.30. The van der Waals surface area contributed by atoms with E-state index in [0.717, 1.165) is 23.9 Å². The summed E-state index contributed by atoms with van der Waals surface area (Å²) in [5, 5.41) is 3.42. The number of hydrogen-bond donors (Lipinski definition) is 1. The standard InChI is InChI=1S/C25H17ClF3N3O3S/c26-17-6-4-5-16(13-17)14-21-23(34)32(19-7-2-1-3-8-19)24(31-21)36-15-22(33)30-18-9-11-20(12-10-18)35-25(27,28)29/h1-14H,15H2,(H,30,33). The minimum Gasteiger partial charge on any atom is -0.406 e. The van der Waals surface area contributed by atoms with E-state index in [2.05, 4.69) is 15.0 Å².